The van der Waals surface area contributed by atoms with Crippen molar-refractivity contribution in [1.29, 1.82) is 0 Å². The molecule has 0 saturated carbocycles. The Morgan fingerprint density at radius 3 is 2.48 bits per heavy atom. The number of hydrogen-bond donors (Lipinski definition) is 2. The zero-order chi connectivity index (χ0) is 20.7. The lowest BCUT2D eigenvalue weighted by molar-refractivity contribution is 0.340. The van der Waals surface area contributed by atoms with Crippen LogP contribution in [0.3, 0.4) is 0 Å². The molecule has 1 aliphatic heterocycles. The van der Waals surface area contributed by atoms with E-state index in [1.807, 2.05) is 19.9 Å². The van der Waals surface area contributed by atoms with Crippen LogP contribution in [-0.4, -0.2) is 51.2 Å². The molecule has 1 fully saturated rings. The fourth-order valence-corrected chi connectivity index (χ4v) is 4.30. The predicted octanol–water partition coefficient (Wildman–Crippen LogP) is 2.56. The molecule has 1 aliphatic rings. The molecule has 0 amide bonds. The molecule has 0 atom stereocenters. The first-order chi connectivity index (χ1) is 14.0. The second kappa shape index (κ2) is 9.89. The van der Waals surface area contributed by atoms with Gasteiger partial charge in [-0.25, -0.2) is 23.1 Å². The maximum atomic E-state index is 12.4. The van der Waals surface area contributed by atoms with Crippen molar-refractivity contribution in [3.05, 3.63) is 36.2 Å². The first-order valence-corrected chi connectivity index (χ1v) is 11.5. The van der Waals surface area contributed by atoms with E-state index < -0.39 is 10.0 Å². The minimum Gasteiger partial charge on any atom is -0.494 e. The number of benzene rings is 1. The van der Waals surface area contributed by atoms with E-state index in [0.717, 1.165) is 18.9 Å². The Morgan fingerprint density at radius 2 is 1.79 bits per heavy atom. The number of nitrogens with one attached hydrogen (secondary N) is 2. The smallest absolute Gasteiger partial charge is 0.240 e. The lowest BCUT2D eigenvalue weighted by atomic mass is 10.1. The third-order valence-corrected chi connectivity index (χ3v) is 6.15. The van der Waals surface area contributed by atoms with Gasteiger partial charge in [0.1, 0.15) is 23.2 Å². The van der Waals surface area contributed by atoms with Gasteiger partial charge in [0.25, 0.3) is 0 Å². The van der Waals surface area contributed by atoms with Gasteiger partial charge >= 0.3 is 0 Å². The van der Waals surface area contributed by atoms with Crippen molar-refractivity contribution in [3.63, 3.8) is 0 Å². The zero-order valence-corrected chi connectivity index (χ0v) is 17.8. The van der Waals surface area contributed by atoms with Gasteiger partial charge in [-0.1, -0.05) is 0 Å². The van der Waals surface area contributed by atoms with Crippen LogP contribution in [0.5, 0.6) is 5.75 Å². The average Bonchev–Trinajstić information content (AvgIpc) is 2.72. The van der Waals surface area contributed by atoms with E-state index in [-0.39, 0.29) is 11.4 Å². The van der Waals surface area contributed by atoms with Crippen molar-refractivity contribution in [3.8, 4) is 5.75 Å². The monoisotopic (exact) mass is 419 g/mol. The molecule has 8 nitrogen and oxygen atoms in total. The number of aryl methyl sites for hydroxylation is 1. The van der Waals surface area contributed by atoms with Crippen LogP contribution in [0.15, 0.2) is 35.2 Å². The lowest BCUT2D eigenvalue weighted by Gasteiger charge is -2.28. The number of rotatable bonds is 9. The Balaban J connectivity index is 1.53. The van der Waals surface area contributed by atoms with Crippen molar-refractivity contribution < 1.29 is 13.2 Å². The number of hydrogen-bond acceptors (Lipinski definition) is 7. The highest BCUT2D eigenvalue weighted by molar-refractivity contribution is 7.89. The van der Waals surface area contributed by atoms with Crippen molar-refractivity contribution in [2.45, 2.75) is 38.0 Å². The summed E-state index contributed by atoms with van der Waals surface area (Å²) in [6.45, 7) is 6.98. The molecule has 0 aliphatic carbocycles. The Hall–Kier alpha value is -2.39. The van der Waals surface area contributed by atoms with Crippen molar-refractivity contribution in [2.24, 2.45) is 0 Å². The molecule has 1 aromatic heterocycles. The first kappa shape index (κ1) is 21.3. The standard InChI is InChI=1S/C20H29N5O3S/c1-3-28-17-7-9-18(10-8-17)29(26,27)22-12-11-21-19-15-20(24-16(2)23-19)25-13-5-4-6-14-25/h7-10,15,22H,3-6,11-14H2,1-2H3,(H,21,23,24). The SMILES string of the molecule is CCOc1ccc(S(=O)(=O)NCCNc2cc(N3CCCCC3)nc(C)n2)cc1. The number of piperidine rings is 1. The normalized spacial score (nSPS) is 14.6. The van der Waals surface area contributed by atoms with Crippen LogP contribution in [0.1, 0.15) is 32.0 Å². The van der Waals surface area contributed by atoms with Gasteiger partial charge in [-0.15, -0.1) is 0 Å². The summed E-state index contributed by atoms with van der Waals surface area (Å²) in [5.41, 5.74) is 0. The van der Waals surface area contributed by atoms with Crippen LogP contribution in [0.4, 0.5) is 11.6 Å². The summed E-state index contributed by atoms with van der Waals surface area (Å²) in [5, 5.41) is 3.19. The highest BCUT2D eigenvalue weighted by Crippen LogP contribution is 2.20. The molecule has 0 unspecified atom stereocenters. The minimum atomic E-state index is -3.57. The van der Waals surface area contributed by atoms with Gasteiger partial charge in [0.15, 0.2) is 0 Å². The van der Waals surface area contributed by atoms with Crippen LogP contribution in [0, 0.1) is 6.92 Å². The van der Waals surface area contributed by atoms with E-state index in [1.165, 1.54) is 19.3 Å². The molecule has 9 heteroatoms. The predicted molar refractivity (Wildman–Crippen MR) is 114 cm³/mol. The summed E-state index contributed by atoms with van der Waals surface area (Å²) >= 11 is 0. The van der Waals surface area contributed by atoms with Gasteiger partial charge in [0.2, 0.25) is 10.0 Å². The fourth-order valence-electron chi connectivity index (χ4n) is 3.27. The van der Waals surface area contributed by atoms with Gasteiger partial charge in [-0.3, -0.25) is 0 Å². The first-order valence-electron chi connectivity index (χ1n) is 10.0. The number of ether oxygens (including phenoxy) is 1. The molecule has 1 saturated heterocycles. The molecule has 0 radical (unpaired) electrons. The zero-order valence-electron chi connectivity index (χ0n) is 17.0. The van der Waals surface area contributed by atoms with E-state index in [4.69, 9.17) is 4.74 Å². The largest absolute Gasteiger partial charge is 0.494 e. The average molecular weight is 420 g/mol. The third-order valence-electron chi connectivity index (χ3n) is 4.67. The number of sulfonamides is 1. The topological polar surface area (TPSA) is 96.5 Å². The van der Waals surface area contributed by atoms with E-state index in [9.17, 15) is 8.42 Å². The van der Waals surface area contributed by atoms with Crippen LogP contribution in [0.25, 0.3) is 0 Å². The third kappa shape index (κ3) is 6.04. The minimum absolute atomic E-state index is 0.214. The molecule has 2 aromatic rings. The fraction of sp³-hybridized carbons (Fsp3) is 0.500. The van der Waals surface area contributed by atoms with Gasteiger partial charge in [-0.05, 0) is 57.4 Å². The van der Waals surface area contributed by atoms with Gasteiger partial charge in [0.05, 0.1) is 11.5 Å². The van der Waals surface area contributed by atoms with Crippen molar-refractivity contribution in [2.75, 3.05) is 43.0 Å². The second-order valence-corrected chi connectivity index (χ2v) is 8.70. The lowest BCUT2D eigenvalue weighted by Crippen LogP contribution is -2.31. The molecule has 29 heavy (non-hydrogen) atoms. The highest BCUT2D eigenvalue weighted by Gasteiger charge is 2.15. The summed E-state index contributed by atoms with van der Waals surface area (Å²) < 4.78 is 32.8. The molecule has 0 bridgehead atoms. The van der Waals surface area contributed by atoms with E-state index >= 15 is 0 Å². The maximum Gasteiger partial charge on any atom is 0.240 e. The summed E-state index contributed by atoms with van der Waals surface area (Å²) in [7, 11) is -3.57. The van der Waals surface area contributed by atoms with Crippen molar-refractivity contribution in [1.82, 2.24) is 14.7 Å². The maximum absolute atomic E-state index is 12.4. The Labute approximate surface area is 172 Å². The second-order valence-electron chi connectivity index (χ2n) is 6.94. The molecular formula is C20H29N5O3S. The Morgan fingerprint density at radius 1 is 1.07 bits per heavy atom. The molecular weight excluding hydrogens is 390 g/mol. The number of anilines is 2. The van der Waals surface area contributed by atoms with Crippen molar-refractivity contribution >= 4 is 21.7 Å². The summed E-state index contributed by atoms with van der Waals surface area (Å²) in [4.78, 5) is 11.4. The molecule has 158 valence electrons. The summed E-state index contributed by atoms with van der Waals surface area (Å²) in [6.07, 6.45) is 3.62. The quantitative estimate of drug-likeness (QED) is 0.603. The summed E-state index contributed by atoms with van der Waals surface area (Å²) in [6, 6.07) is 8.32. The molecule has 3 rings (SSSR count). The van der Waals surface area contributed by atoms with Gasteiger partial charge < -0.3 is 15.0 Å². The molecule has 0 spiro atoms. The van der Waals surface area contributed by atoms with E-state index in [0.29, 0.717) is 30.5 Å². The van der Waals surface area contributed by atoms with E-state index in [2.05, 4.69) is 24.9 Å². The van der Waals surface area contributed by atoms with Gasteiger partial charge in [0, 0.05) is 32.2 Å². The van der Waals surface area contributed by atoms with Crippen LogP contribution >= 0.6 is 0 Å². The molecule has 2 heterocycles. The Bertz CT molecular complexity index is 897. The number of nitrogens with zero attached hydrogens (tertiary/aromatic N) is 3. The van der Waals surface area contributed by atoms with Crippen LogP contribution in [-0.2, 0) is 10.0 Å². The Kier molecular flexibility index (Phi) is 7.27. The molecule has 2 N–H and O–H groups in total. The van der Waals surface area contributed by atoms with E-state index in [1.54, 1.807) is 24.3 Å². The van der Waals surface area contributed by atoms with Crippen LogP contribution in [0.2, 0.25) is 0 Å². The number of aromatic nitrogens is 2. The molecule has 1 aromatic carbocycles. The highest BCUT2D eigenvalue weighted by atomic mass is 32.2. The van der Waals surface area contributed by atoms with Crippen LogP contribution < -0.4 is 19.7 Å². The van der Waals surface area contributed by atoms with Gasteiger partial charge in [-0.2, -0.15) is 0 Å². The summed E-state index contributed by atoms with van der Waals surface area (Å²) in [5.74, 6) is 2.98.